The highest BCUT2D eigenvalue weighted by Gasteiger charge is 2.23. The second kappa shape index (κ2) is 10.5. The first-order chi connectivity index (χ1) is 16.2. The summed E-state index contributed by atoms with van der Waals surface area (Å²) in [5.41, 5.74) is 3.06. The van der Waals surface area contributed by atoms with Crippen LogP contribution in [0.2, 0.25) is 0 Å². The number of ether oxygens (including phenoxy) is 2. The first-order valence-electron chi connectivity index (χ1n) is 11.0. The highest BCUT2D eigenvalue weighted by atomic mass is 16.5. The van der Waals surface area contributed by atoms with E-state index in [4.69, 9.17) is 9.47 Å². The molecular weight excluding hydrogens is 414 g/mol. The number of allylic oxidation sites excluding steroid dienone is 1. The summed E-state index contributed by atoms with van der Waals surface area (Å²) in [6.45, 7) is 6.70. The van der Waals surface area contributed by atoms with Crippen molar-refractivity contribution in [2.24, 2.45) is 12.0 Å². The molecule has 0 saturated heterocycles. The van der Waals surface area contributed by atoms with Crippen LogP contribution in [0, 0.1) is 0 Å². The molecule has 0 aliphatic carbocycles. The van der Waals surface area contributed by atoms with Crippen molar-refractivity contribution in [1.29, 1.82) is 0 Å². The number of imidazole rings is 1. The zero-order chi connectivity index (χ0) is 23.0. The maximum absolute atomic E-state index is 6.12. The minimum atomic E-state index is -0.176. The van der Waals surface area contributed by atoms with Gasteiger partial charge in [0, 0.05) is 43.7 Å². The second-order valence-corrected chi connectivity index (χ2v) is 7.64. The predicted molar refractivity (Wildman–Crippen MR) is 130 cm³/mol. The number of aryl methyl sites for hydroxylation is 1. The first-order valence-corrected chi connectivity index (χ1v) is 11.0. The average molecular weight is 444 g/mol. The molecule has 33 heavy (non-hydrogen) atoms. The third-order valence-corrected chi connectivity index (χ3v) is 5.33. The molecule has 1 unspecified atom stereocenters. The Labute approximate surface area is 194 Å². The van der Waals surface area contributed by atoms with E-state index in [1.54, 1.807) is 18.5 Å². The Balaban J connectivity index is 1.52. The van der Waals surface area contributed by atoms with Gasteiger partial charge in [0.05, 0.1) is 12.3 Å². The molecule has 2 heterocycles. The Morgan fingerprint density at radius 2 is 1.91 bits per heavy atom. The quantitative estimate of drug-likeness (QED) is 0.458. The summed E-state index contributed by atoms with van der Waals surface area (Å²) in [6, 6.07) is 16.2. The number of rotatable bonds is 10. The van der Waals surface area contributed by atoms with Gasteiger partial charge in [-0.1, -0.05) is 36.9 Å². The first kappa shape index (κ1) is 22.2. The molecule has 7 heteroatoms. The Hall–Kier alpha value is -4.00. The summed E-state index contributed by atoms with van der Waals surface area (Å²) < 4.78 is 14.1. The molecule has 1 atom stereocenters. The summed E-state index contributed by atoms with van der Waals surface area (Å²) >= 11 is 0. The molecule has 4 rings (SSSR count). The minimum absolute atomic E-state index is 0.176. The number of nitrogens with zero attached hydrogens (tertiary/aromatic N) is 3. The van der Waals surface area contributed by atoms with Crippen LogP contribution in [-0.2, 0) is 20.1 Å². The lowest BCUT2D eigenvalue weighted by Gasteiger charge is -2.18. The number of nitrogens with one attached hydrogen (secondary N) is 2. The third kappa shape index (κ3) is 5.63. The molecule has 2 N–H and O–H groups in total. The summed E-state index contributed by atoms with van der Waals surface area (Å²) in [7, 11) is 1.95. The largest absolute Gasteiger partial charge is 0.493 e. The van der Waals surface area contributed by atoms with E-state index in [-0.39, 0.29) is 6.17 Å². The third-order valence-electron chi connectivity index (χ3n) is 5.33. The van der Waals surface area contributed by atoms with Gasteiger partial charge in [0.15, 0.2) is 5.82 Å². The molecule has 0 radical (unpaired) electrons. The lowest BCUT2D eigenvalue weighted by molar-refractivity contribution is 0.284. The van der Waals surface area contributed by atoms with E-state index < -0.39 is 0 Å². The van der Waals surface area contributed by atoms with Gasteiger partial charge in [0.25, 0.3) is 0 Å². The molecular formula is C26H29N5O2. The lowest BCUT2D eigenvalue weighted by atomic mass is 10.1. The van der Waals surface area contributed by atoms with Gasteiger partial charge < -0.3 is 24.7 Å². The highest BCUT2D eigenvalue weighted by Crippen LogP contribution is 2.30. The van der Waals surface area contributed by atoms with E-state index >= 15 is 0 Å². The molecule has 0 amide bonds. The zero-order valence-corrected chi connectivity index (χ0v) is 19.0. The minimum Gasteiger partial charge on any atom is -0.493 e. The van der Waals surface area contributed by atoms with Crippen molar-refractivity contribution in [2.75, 3.05) is 6.61 Å². The fourth-order valence-corrected chi connectivity index (χ4v) is 3.57. The van der Waals surface area contributed by atoms with Gasteiger partial charge in [-0.2, -0.15) is 0 Å². The van der Waals surface area contributed by atoms with Gasteiger partial charge in [-0.05, 0) is 30.7 Å². The van der Waals surface area contributed by atoms with Crippen LogP contribution in [0.15, 0.2) is 90.1 Å². The van der Waals surface area contributed by atoms with Gasteiger partial charge in [-0.15, -0.1) is 0 Å². The van der Waals surface area contributed by atoms with Crippen LogP contribution in [0.1, 0.15) is 30.0 Å². The van der Waals surface area contributed by atoms with Crippen molar-refractivity contribution in [3.63, 3.8) is 0 Å². The van der Waals surface area contributed by atoms with Crippen molar-refractivity contribution >= 4 is 6.21 Å². The maximum Gasteiger partial charge on any atom is 0.150 e. The van der Waals surface area contributed by atoms with Gasteiger partial charge in [0.1, 0.15) is 30.1 Å². The Morgan fingerprint density at radius 1 is 1.12 bits per heavy atom. The van der Waals surface area contributed by atoms with Crippen molar-refractivity contribution in [3.8, 4) is 11.5 Å². The van der Waals surface area contributed by atoms with Crippen LogP contribution in [0.3, 0.4) is 0 Å². The molecule has 0 saturated carbocycles. The van der Waals surface area contributed by atoms with Gasteiger partial charge in [0.2, 0.25) is 0 Å². The van der Waals surface area contributed by atoms with Crippen LogP contribution >= 0.6 is 0 Å². The van der Waals surface area contributed by atoms with Crippen molar-refractivity contribution in [2.45, 2.75) is 26.1 Å². The fraction of sp³-hybridized carbons (Fsp3) is 0.231. The van der Waals surface area contributed by atoms with E-state index in [9.17, 15) is 0 Å². The summed E-state index contributed by atoms with van der Waals surface area (Å²) in [5.74, 6) is 3.05. The average Bonchev–Trinajstić information content (AvgIpc) is 3.44. The molecule has 1 aromatic heterocycles. The highest BCUT2D eigenvalue weighted by molar-refractivity contribution is 5.56. The molecule has 2 aromatic carbocycles. The standard InChI is InChI=1S/C26H29N5O2/c1-4-23-26(27-5-2)30-25(29-23)20-15-21(32-14-11-19-9-7-6-8-10-19)17-22(16-20)33-18-24-28-12-13-31(24)3/h4-10,12-13,15-17,25,29-30H,1,11,14,18H2,2-3H3/b27-5-. The predicted octanol–water partition coefficient (Wildman–Crippen LogP) is 4.26. The van der Waals surface area contributed by atoms with Crippen LogP contribution in [0.25, 0.3) is 0 Å². The van der Waals surface area contributed by atoms with Crippen LogP contribution < -0.4 is 20.1 Å². The molecule has 1 aliphatic rings. The topological polar surface area (TPSA) is 72.7 Å². The van der Waals surface area contributed by atoms with Crippen molar-refractivity contribution in [1.82, 2.24) is 20.2 Å². The van der Waals surface area contributed by atoms with Crippen LogP contribution in [0.4, 0.5) is 0 Å². The molecule has 3 aromatic rings. The lowest BCUT2D eigenvalue weighted by Crippen LogP contribution is -2.23. The SMILES string of the molecule is C=CC1=C(/N=C\C)NC(c2cc(OCCc3ccccc3)cc(OCc3nccn3C)c2)N1. The molecule has 0 bridgehead atoms. The van der Waals surface area contributed by atoms with Gasteiger partial charge in [-0.3, -0.25) is 0 Å². The fourth-order valence-electron chi connectivity index (χ4n) is 3.57. The smallest absolute Gasteiger partial charge is 0.150 e. The van der Waals surface area contributed by atoms with Crippen molar-refractivity contribution < 1.29 is 9.47 Å². The number of benzene rings is 2. The molecule has 0 spiro atoms. The molecule has 1 aliphatic heterocycles. The number of aromatic nitrogens is 2. The molecule has 0 fully saturated rings. The van der Waals surface area contributed by atoms with Crippen LogP contribution in [-0.4, -0.2) is 22.4 Å². The number of hydrogen-bond acceptors (Lipinski definition) is 6. The van der Waals surface area contributed by atoms with Crippen molar-refractivity contribution in [3.05, 3.63) is 102 Å². The number of aliphatic imine (C=N–C) groups is 1. The Bertz CT molecular complexity index is 1150. The molecule has 7 nitrogen and oxygen atoms in total. The van der Waals surface area contributed by atoms with E-state index in [0.29, 0.717) is 19.0 Å². The van der Waals surface area contributed by atoms with Crippen LogP contribution in [0.5, 0.6) is 11.5 Å². The second-order valence-electron chi connectivity index (χ2n) is 7.64. The van der Waals surface area contributed by atoms with E-state index in [0.717, 1.165) is 35.1 Å². The monoisotopic (exact) mass is 443 g/mol. The normalized spacial score (nSPS) is 15.4. The van der Waals surface area contributed by atoms with Gasteiger partial charge >= 0.3 is 0 Å². The van der Waals surface area contributed by atoms with E-state index in [1.165, 1.54) is 5.56 Å². The summed E-state index contributed by atoms with van der Waals surface area (Å²) in [6.07, 6.45) is 7.82. The maximum atomic E-state index is 6.12. The Kier molecular flexibility index (Phi) is 7.09. The van der Waals surface area contributed by atoms with Gasteiger partial charge in [-0.25, -0.2) is 9.98 Å². The Morgan fingerprint density at radius 3 is 2.61 bits per heavy atom. The van der Waals surface area contributed by atoms with E-state index in [1.807, 2.05) is 61.1 Å². The number of hydrogen-bond donors (Lipinski definition) is 2. The molecule has 170 valence electrons. The summed E-state index contributed by atoms with van der Waals surface area (Å²) in [4.78, 5) is 8.73. The zero-order valence-electron chi connectivity index (χ0n) is 19.0. The summed E-state index contributed by atoms with van der Waals surface area (Å²) in [5, 5.41) is 6.81. The van der Waals surface area contributed by atoms with E-state index in [2.05, 4.69) is 39.3 Å².